The molecule has 1 N–H and O–H groups in total. The van der Waals surface area contributed by atoms with Crippen LogP contribution < -0.4 is 0 Å². The number of methoxy groups -OCH3 is 1. The Bertz CT molecular complexity index is 372. The molecule has 0 aromatic carbocycles. The molecule has 1 aliphatic rings. The minimum atomic E-state index is -0.661. The average Bonchev–Trinajstić information content (AvgIpc) is 2.75. The van der Waals surface area contributed by atoms with Crippen LogP contribution in [-0.2, 0) is 19.0 Å². The normalized spacial score (nSPS) is 25.6. The molecule has 0 amide bonds. The molecule has 1 rings (SSSR count). The van der Waals surface area contributed by atoms with Crippen LogP contribution in [0.15, 0.2) is 12.2 Å². The summed E-state index contributed by atoms with van der Waals surface area (Å²) < 4.78 is 15.9. The monoisotopic (exact) mass is 286 g/mol. The molecule has 0 radical (unpaired) electrons. The molecule has 1 saturated heterocycles. The molecule has 0 aromatic heterocycles. The molecule has 0 aromatic rings. The second kappa shape index (κ2) is 6.24. The van der Waals surface area contributed by atoms with E-state index in [0.717, 1.165) is 0 Å². The number of aliphatic hydroxyl groups is 1. The number of hydrogen-bond donors (Lipinski definition) is 1. The molecule has 20 heavy (non-hydrogen) atoms. The van der Waals surface area contributed by atoms with Gasteiger partial charge in [0.1, 0.15) is 0 Å². The fourth-order valence-electron chi connectivity index (χ4n) is 2.33. The molecule has 1 aliphatic heterocycles. The maximum Gasteiger partial charge on any atom is 0.330 e. The van der Waals surface area contributed by atoms with E-state index < -0.39 is 23.3 Å². The first-order valence-corrected chi connectivity index (χ1v) is 6.86. The first kappa shape index (κ1) is 17.1. The highest BCUT2D eigenvalue weighted by Crippen LogP contribution is 2.38. The third-order valence-corrected chi connectivity index (χ3v) is 3.84. The highest BCUT2D eigenvalue weighted by Gasteiger charge is 2.46. The van der Waals surface area contributed by atoms with Gasteiger partial charge in [-0.15, -0.1) is 0 Å². The third kappa shape index (κ3) is 4.04. The molecule has 1 fully saturated rings. The minimum Gasteiger partial charge on any atom is -0.466 e. The summed E-state index contributed by atoms with van der Waals surface area (Å²) in [6, 6.07) is 0. The largest absolute Gasteiger partial charge is 0.466 e. The van der Waals surface area contributed by atoms with Gasteiger partial charge >= 0.3 is 5.97 Å². The second-order valence-electron chi connectivity index (χ2n) is 6.32. The maximum atomic E-state index is 11.1. The number of aliphatic hydroxyl groups excluding tert-OH is 1. The Hall–Kier alpha value is -0.910. The molecule has 0 bridgehead atoms. The summed E-state index contributed by atoms with van der Waals surface area (Å²) in [5.74, 6) is -1.24. The van der Waals surface area contributed by atoms with Crippen LogP contribution in [-0.4, -0.2) is 42.8 Å². The average molecular weight is 286 g/mol. The highest BCUT2D eigenvalue weighted by atomic mass is 16.7. The zero-order chi connectivity index (χ0) is 15.6. The minimum absolute atomic E-state index is 0.193. The van der Waals surface area contributed by atoms with Gasteiger partial charge in [0.25, 0.3) is 0 Å². The third-order valence-electron chi connectivity index (χ3n) is 3.84. The SMILES string of the molecule is COC(=O)/C=C/[C@H](C)[C@@H](O)C(C)(C)[C@@H]1COC(C)(C)O1. The Morgan fingerprint density at radius 3 is 2.55 bits per heavy atom. The van der Waals surface area contributed by atoms with Crippen molar-refractivity contribution in [3.8, 4) is 0 Å². The van der Waals surface area contributed by atoms with Crippen LogP contribution in [0.3, 0.4) is 0 Å². The van der Waals surface area contributed by atoms with Crippen molar-refractivity contribution < 1.29 is 24.1 Å². The van der Waals surface area contributed by atoms with Crippen LogP contribution >= 0.6 is 0 Å². The van der Waals surface area contributed by atoms with Crippen LogP contribution in [0.2, 0.25) is 0 Å². The lowest BCUT2D eigenvalue weighted by atomic mass is 9.76. The van der Waals surface area contributed by atoms with Crippen molar-refractivity contribution >= 4 is 5.97 Å². The zero-order valence-corrected chi connectivity index (χ0v) is 13.2. The summed E-state index contributed by atoms with van der Waals surface area (Å²) in [6.45, 7) is 9.90. The van der Waals surface area contributed by atoms with Crippen molar-refractivity contribution in [1.82, 2.24) is 0 Å². The van der Waals surface area contributed by atoms with Gasteiger partial charge in [0.2, 0.25) is 0 Å². The van der Waals surface area contributed by atoms with Gasteiger partial charge in [0.05, 0.1) is 25.9 Å². The van der Waals surface area contributed by atoms with E-state index in [4.69, 9.17) is 9.47 Å². The summed E-state index contributed by atoms with van der Waals surface area (Å²) in [7, 11) is 1.32. The molecule has 0 spiro atoms. The first-order chi connectivity index (χ1) is 9.10. The van der Waals surface area contributed by atoms with Crippen LogP contribution in [0, 0.1) is 11.3 Å². The summed E-state index contributed by atoms with van der Waals surface area (Å²) in [5.41, 5.74) is -0.492. The summed E-state index contributed by atoms with van der Waals surface area (Å²) in [5, 5.41) is 10.5. The van der Waals surface area contributed by atoms with E-state index in [0.29, 0.717) is 6.61 Å². The second-order valence-corrected chi connectivity index (χ2v) is 6.32. The predicted octanol–water partition coefficient (Wildman–Crippen LogP) is 1.89. The molecule has 0 aliphatic carbocycles. The number of esters is 1. The van der Waals surface area contributed by atoms with Gasteiger partial charge in [-0.2, -0.15) is 0 Å². The number of rotatable bonds is 5. The topological polar surface area (TPSA) is 65.0 Å². The Labute approximate surface area is 120 Å². The van der Waals surface area contributed by atoms with Crippen molar-refractivity contribution in [1.29, 1.82) is 0 Å². The number of carbonyl (C=O) groups excluding carboxylic acids is 1. The van der Waals surface area contributed by atoms with Crippen LogP contribution in [0.4, 0.5) is 0 Å². The van der Waals surface area contributed by atoms with Gasteiger partial charge in [-0.25, -0.2) is 4.79 Å². The van der Waals surface area contributed by atoms with E-state index in [1.54, 1.807) is 6.08 Å². The zero-order valence-electron chi connectivity index (χ0n) is 13.2. The predicted molar refractivity (Wildman–Crippen MR) is 75.0 cm³/mol. The Morgan fingerprint density at radius 2 is 2.10 bits per heavy atom. The molecule has 5 nitrogen and oxygen atoms in total. The molecule has 116 valence electrons. The Balaban J connectivity index is 2.71. The Kier molecular flexibility index (Phi) is 5.35. The number of hydrogen-bond acceptors (Lipinski definition) is 5. The molecular formula is C15H26O5. The molecule has 5 heteroatoms. The Morgan fingerprint density at radius 1 is 1.50 bits per heavy atom. The van der Waals surface area contributed by atoms with Crippen LogP contribution in [0.5, 0.6) is 0 Å². The smallest absolute Gasteiger partial charge is 0.330 e. The molecule has 3 atom stereocenters. The fourth-order valence-corrected chi connectivity index (χ4v) is 2.33. The highest BCUT2D eigenvalue weighted by molar-refractivity contribution is 5.81. The summed E-state index contributed by atoms with van der Waals surface area (Å²) in [6.07, 6.45) is 2.13. The number of carbonyl (C=O) groups is 1. The lowest BCUT2D eigenvalue weighted by molar-refractivity contribution is -0.164. The maximum absolute atomic E-state index is 11.1. The van der Waals surface area contributed by atoms with E-state index in [-0.39, 0.29) is 12.0 Å². The van der Waals surface area contributed by atoms with Crippen molar-refractivity contribution in [3.63, 3.8) is 0 Å². The van der Waals surface area contributed by atoms with Crippen molar-refractivity contribution in [2.24, 2.45) is 11.3 Å². The van der Waals surface area contributed by atoms with Crippen LogP contribution in [0.25, 0.3) is 0 Å². The van der Waals surface area contributed by atoms with Gasteiger partial charge in [-0.05, 0) is 13.8 Å². The molecule has 0 saturated carbocycles. The van der Waals surface area contributed by atoms with E-state index in [1.165, 1.54) is 13.2 Å². The van der Waals surface area contributed by atoms with Crippen molar-refractivity contribution in [2.45, 2.75) is 52.6 Å². The van der Waals surface area contributed by atoms with E-state index in [1.807, 2.05) is 34.6 Å². The van der Waals surface area contributed by atoms with E-state index in [9.17, 15) is 9.90 Å². The van der Waals surface area contributed by atoms with Gasteiger partial charge in [0.15, 0.2) is 5.79 Å². The van der Waals surface area contributed by atoms with Gasteiger partial charge in [-0.1, -0.05) is 26.8 Å². The van der Waals surface area contributed by atoms with Gasteiger partial charge in [-0.3, -0.25) is 0 Å². The molecule has 1 heterocycles. The first-order valence-electron chi connectivity index (χ1n) is 6.86. The van der Waals surface area contributed by atoms with E-state index >= 15 is 0 Å². The fraction of sp³-hybridized carbons (Fsp3) is 0.800. The van der Waals surface area contributed by atoms with Crippen molar-refractivity contribution in [3.05, 3.63) is 12.2 Å². The number of ether oxygens (including phenoxy) is 3. The van der Waals surface area contributed by atoms with Gasteiger partial charge < -0.3 is 19.3 Å². The lowest BCUT2D eigenvalue weighted by Gasteiger charge is -2.37. The summed E-state index contributed by atoms with van der Waals surface area (Å²) in [4.78, 5) is 11.1. The molecule has 0 unspecified atom stereocenters. The quantitative estimate of drug-likeness (QED) is 0.617. The lowest BCUT2D eigenvalue weighted by Crippen LogP contribution is -2.45. The van der Waals surface area contributed by atoms with Crippen molar-refractivity contribution in [2.75, 3.05) is 13.7 Å². The summed E-state index contributed by atoms with van der Waals surface area (Å²) >= 11 is 0. The molecular weight excluding hydrogens is 260 g/mol. The van der Waals surface area contributed by atoms with E-state index in [2.05, 4.69) is 4.74 Å². The standard InChI is InChI=1S/C15H26O5/c1-10(7-8-12(16)18-6)13(17)14(2,3)11-9-19-15(4,5)20-11/h7-8,10-11,13,17H,9H2,1-6H3/b8-7+/t10-,11-,13+/m0/s1. The van der Waals surface area contributed by atoms with Crippen LogP contribution in [0.1, 0.15) is 34.6 Å². The van der Waals surface area contributed by atoms with Gasteiger partial charge in [0, 0.05) is 17.4 Å².